The van der Waals surface area contributed by atoms with Crippen molar-refractivity contribution >= 4 is 10.8 Å². The van der Waals surface area contributed by atoms with Crippen molar-refractivity contribution in [2.24, 2.45) is 5.92 Å². The normalized spacial score (nSPS) is 18.1. The van der Waals surface area contributed by atoms with Crippen LogP contribution in [-0.2, 0) is 10.8 Å². The second-order valence-electron chi connectivity index (χ2n) is 4.31. The summed E-state index contributed by atoms with van der Waals surface area (Å²) in [6.45, 7) is 9.72. The Labute approximate surface area is 91.3 Å². The van der Waals surface area contributed by atoms with Gasteiger partial charge in [-0.3, -0.25) is 4.21 Å². The Hall–Kier alpha value is 0.110. The van der Waals surface area contributed by atoms with E-state index in [0.29, 0.717) is 17.2 Å². The predicted molar refractivity (Wildman–Crippen MR) is 65.1 cm³/mol. The molecule has 0 aliphatic carbocycles. The molecular formula is C11H25NOS. The molecule has 0 aromatic rings. The molecule has 0 aromatic heterocycles. The van der Waals surface area contributed by atoms with Gasteiger partial charge in [0.15, 0.2) is 0 Å². The van der Waals surface area contributed by atoms with E-state index >= 15 is 0 Å². The Morgan fingerprint density at radius 3 is 2.21 bits per heavy atom. The van der Waals surface area contributed by atoms with Crippen molar-refractivity contribution in [1.29, 1.82) is 0 Å². The fourth-order valence-corrected chi connectivity index (χ4v) is 1.94. The molecule has 0 aromatic carbocycles. The van der Waals surface area contributed by atoms with Gasteiger partial charge in [-0.05, 0) is 25.3 Å². The third-order valence-electron chi connectivity index (χ3n) is 2.77. The van der Waals surface area contributed by atoms with Gasteiger partial charge >= 0.3 is 0 Å². The molecule has 0 radical (unpaired) electrons. The fourth-order valence-electron chi connectivity index (χ4n) is 1.49. The van der Waals surface area contributed by atoms with Crippen molar-refractivity contribution in [1.82, 2.24) is 5.32 Å². The third-order valence-corrected chi connectivity index (χ3v) is 4.14. The molecule has 3 atom stereocenters. The molecule has 0 aliphatic heterocycles. The number of hydrogen-bond acceptors (Lipinski definition) is 2. The maximum absolute atomic E-state index is 11.1. The standard InChI is InChI=1S/C11H25NOS/c1-6-11(9(2)3)12-8-7-10(4)14(5)13/h9-12H,6-8H2,1-5H3. The summed E-state index contributed by atoms with van der Waals surface area (Å²) in [7, 11) is -0.678. The molecule has 0 amide bonds. The number of hydrogen-bond donors (Lipinski definition) is 1. The van der Waals surface area contributed by atoms with Crippen LogP contribution in [0.3, 0.4) is 0 Å². The summed E-state index contributed by atoms with van der Waals surface area (Å²) in [4.78, 5) is 0. The van der Waals surface area contributed by atoms with E-state index in [4.69, 9.17) is 0 Å². The fraction of sp³-hybridized carbons (Fsp3) is 1.00. The molecule has 0 spiro atoms. The third kappa shape index (κ3) is 5.76. The molecule has 0 heterocycles. The van der Waals surface area contributed by atoms with Crippen LogP contribution in [0.4, 0.5) is 0 Å². The lowest BCUT2D eigenvalue weighted by Crippen LogP contribution is -2.35. The highest BCUT2D eigenvalue weighted by molar-refractivity contribution is 7.84. The van der Waals surface area contributed by atoms with Gasteiger partial charge in [-0.25, -0.2) is 0 Å². The zero-order valence-corrected chi connectivity index (χ0v) is 11.0. The molecule has 1 N–H and O–H groups in total. The van der Waals surface area contributed by atoms with E-state index in [1.54, 1.807) is 6.26 Å². The first-order valence-electron chi connectivity index (χ1n) is 5.54. The van der Waals surface area contributed by atoms with Crippen LogP contribution >= 0.6 is 0 Å². The Kier molecular flexibility index (Phi) is 7.47. The van der Waals surface area contributed by atoms with Gasteiger partial charge in [0.1, 0.15) is 0 Å². The largest absolute Gasteiger partial charge is 0.314 e. The summed E-state index contributed by atoms with van der Waals surface area (Å²) in [5, 5.41) is 3.83. The summed E-state index contributed by atoms with van der Waals surface area (Å²) in [5.74, 6) is 0.683. The predicted octanol–water partition coefficient (Wildman–Crippen LogP) is 2.17. The maximum Gasteiger partial charge on any atom is 0.0329 e. The molecule has 86 valence electrons. The SMILES string of the molecule is CCC(NCCC(C)S(C)=O)C(C)C. The molecule has 0 bridgehead atoms. The van der Waals surface area contributed by atoms with Crippen LogP contribution < -0.4 is 5.32 Å². The van der Waals surface area contributed by atoms with Crippen molar-refractivity contribution in [3.05, 3.63) is 0 Å². The maximum atomic E-state index is 11.1. The second kappa shape index (κ2) is 7.41. The lowest BCUT2D eigenvalue weighted by atomic mass is 10.0. The van der Waals surface area contributed by atoms with E-state index in [0.717, 1.165) is 13.0 Å². The van der Waals surface area contributed by atoms with E-state index < -0.39 is 10.8 Å². The highest BCUT2D eigenvalue weighted by atomic mass is 32.2. The minimum absolute atomic E-state index is 0.312. The molecule has 0 saturated carbocycles. The molecule has 0 rings (SSSR count). The van der Waals surface area contributed by atoms with Crippen LogP contribution in [0.25, 0.3) is 0 Å². The van der Waals surface area contributed by atoms with Crippen LogP contribution in [0.15, 0.2) is 0 Å². The number of nitrogens with one attached hydrogen (secondary N) is 1. The zero-order valence-electron chi connectivity index (χ0n) is 10.2. The Morgan fingerprint density at radius 1 is 1.29 bits per heavy atom. The van der Waals surface area contributed by atoms with E-state index in [2.05, 4.69) is 26.1 Å². The van der Waals surface area contributed by atoms with Crippen LogP contribution in [0.1, 0.15) is 40.5 Å². The molecule has 0 saturated heterocycles. The quantitative estimate of drug-likeness (QED) is 0.711. The molecule has 2 nitrogen and oxygen atoms in total. The summed E-state index contributed by atoms with van der Waals surface area (Å²) < 4.78 is 11.1. The van der Waals surface area contributed by atoms with E-state index in [-0.39, 0.29) is 0 Å². The minimum Gasteiger partial charge on any atom is -0.314 e. The first-order chi connectivity index (χ1) is 6.49. The second-order valence-corrected chi connectivity index (χ2v) is 6.11. The Morgan fingerprint density at radius 2 is 1.86 bits per heavy atom. The van der Waals surface area contributed by atoms with Crippen LogP contribution in [0.5, 0.6) is 0 Å². The molecule has 3 unspecified atom stereocenters. The van der Waals surface area contributed by atoms with Gasteiger partial charge in [-0.15, -0.1) is 0 Å². The van der Waals surface area contributed by atoms with Crippen LogP contribution in [0.2, 0.25) is 0 Å². The van der Waals surface area contributed by atoms with Gasteiger partial charge in [-0.2, -0.15) is 0 Å². The molecule has 0 aliphatic rings. The summed E-state index contributed by atoms with van der Waals surface area (Å²) in [6, 6.07) is 0.604. The topological polar surface area (TPSA) is 29.1 Å². The van der Waals surface area contributed by atoms with Crippen molar-refractivity contribution in [3.63, 3.8) is 0 Å². The highest BCUT2D eigenvalue weighted by Crippen LogP contribution is 2.06. The highest BCUT2D eigenvalue weighted by Gasteiger charge is 2.11. The van der Waals surface area contributed by atoms with Gasteiger partial charge in [0, 0.05) is 28.3 Å². The summed E-state index contributed by atoms with van der Waals surface area (Å²) in [5.41, 5.74) is 0. The van der Waals surface area contributed by atoms with Gasteiger partial charge in [0.05, 0.1) is 0 Å². The van der Waals surface area contributed by atoms with Crippen LogP contribution in [0, 0.1) is 5.92 Å². The Balaban J connectivity index is 3.66. The van der Waals surface area contributed by atoms with Crippen molar-refractivity contribution in [3.8, 4) is 0 Å². The Bertz CT molecular complexity index is 171. The van der Waals surface area contributed by atoms with Gasteiger partial charge < -0.3 is 5.32 Å². The van der Waals surface area contributed by atoms with Crippen LogP contribution in [-0.4, -0.2) is 28.3 Å². The zero-order chi connectivity index (χ0) is 11.1. The van der Waals surface area contributed by atoms with Gasteiger partial charge in [0.2, 0.25) is 0 Å². The monoisotopic (exact) mass is 219 g/mol. The average Bonchev–Trinajstić information content (AvgIpc) is 2.11. The molecule has 3 heteroatoms. The molecule has 0 fully saturated rings. The van der Waals surface area contributed by atoms with Crippen molar-refractivity contribution in [2.75, 3.05) is 12.8 Å². The lowest BCUT2D eigenvalue weighted by molar-refractivity contribution is 0.387. The van der Waals surface area contributed by atoms with Gasteiger partial charge in [-0.1, -0.05) is 27.7 Å². The number of rotatable bonds is 7. The average molecular weight is 219 g/mol. The van der Waals surface area contributed by atoms with E-state index in [1.165, 1.54) is 6.42 Å². The lowest BCUT2D eigenvalue weighted by Gasteiger charge is -2.21. The van der Waals surface area contributed by atoms with Gasteiger partial charge in [0.25, 0.3) is 0 Å². The van der Waals surface area contributed by atoms with Crippen molar-refractivity contribution < 1.29 is 4.21 Å². The van der Waals surface area contributed by atoms with E-state index in [9.17, 15) is 4.21 Å². The smallest absolute Gasteiger partial charge is 0.0329 e. The first kappa shape index (κ1) is 14.1. The minimum atomic E-state index is -0.678. The molecule has 14 heavy (non-hydrogen) atoms. The first-order valence-corrected chi connectivity index (χ1v) is 7.16. The summed E-state index contributed by atoms with van der Waals surface area (Å²) in [6.07, 6.45) is 3.96. The summed E-state index contributed by atoms with van der Waals surface area (Å²) >= 11 is 0. The molecular weight excluding hydrogens is 194 g/mol. The van der Waals surface area contributed by atoms with Crippen molar-refractivity contribution in [2.45, 2.75) is 51.8 Å². The van der Waals surface area contributed by atoms with E-state index in [1.807, 2.05) is 6.92 Å².